The number of ketones is 1. The van der Waals surface area contributed by atoms with Crippen LogP contribution in [-0.2, 0) is 0 Å². The number of benzene rings is 1. The number of thiophene rings is 1. The van der Waals surface area contributed by atoms with Gasteiger partial charge in [0.25, 0.3) is 0 Å². The number of carbonyl (C=O) groups excluding carboxylic acids is 1. The zero-order valence-corrected chi connectivity index (χ0v) is 13.4. The molecule has 0 aliphatic heterocycles. The molecule has 19 heavy (non-hydrogen) atoms. The molecule has 0 amide bonds. The summed E-state index contributed by atoms with van der Waals surface area (Å²) in [5.41, 5.74) is 0.597. The van der Waals surface area contributed by atoms with Crippen LogP contribution in [0.1, 0.15) is 28.6 Å². The Morgan fingerprint density at radius 3 is 2.79 bits per heavy atom. The summed E-state index contributed by atoms with van der Waals surface area (Å²) in [5, 5.41) is 2.31. The van der Waals surface area contributed by atoms with Gasteiger partial charge in [-0.05, 0) is 52.0 Å². The van der Waals surface area contributed by atoms with Gasteiger partial charge in [0.15, 0.2) is 0 Å². The molecule has 0 aliphatic carbocycles. The zero-order chi connectivity index (χ0) is 13.8. The van der Waals surface area contributed by atoms with E-state index in [9.17, 15) is 4.79 Å². The second-order valence-corrected chi connectivity index (χ2v) is 6.10. The summed E-state index contributed by atoms with van der Waals surface area (Å²) in [7, 11) is 0. The second-order valence-electron chi connectivity index (χ2n) is 3.92. The van der Waals surface area contributed by atoms with E-state index in [0.717, 1.165) is 16.6 Å². The average molecular weight is 360 g/mol. The van der Waals surface area contributed by atoms with E-state index in [-0.39, 0.29) is 5.78 Å². The van der Waals surface area contributed by atoms with Gasteiger partial charge in [-0.1, -0.05) is 18.5 Å². The third kappa shape index (κ3) is 3.38. The minimum absolute atomic E-state index is 0.0669. The standard InChI is InChI=1S/C14H12BrClO2S/c1-2-6-18-12-4-3-9(8-10(12)15)13(17)14-11(16)5-7-19-14/h3-5,7-8H,2,6H2,1H3. The van der Waals surface area contributed by atoms with Crippen molar-refractivity contribution in [3.63, 3.8) is 0 Å². The summed E-state index contributed by atoms with van der Waals surface area (Å²) in [6, 6.07) is 7.05. The fourth-order valence-corrected chi connectivity index (χ4v) is 3.15. The molecular weight excluding hydrogens is 348 g/mol. The van der Waals surface area contributed by atoms with Gasteiger partial charge in [0, 0.05) is 5.56 Å². The van der Waals surface area contributed by atoms with Gasteiger partial charge < -0.3 is 4.74 Å². The molecule has 0 bridgehead atoms. The zero-order valence-electron chi connectivity index (χ0n) is 10.3. The van der Waals surface area contributed by atoms with Crippen LogP contribution in [0, 0.1) is 0 Å². The van der Waals surface area contributed by atoms with Crippen molar-refractivity contribution in [2.75, 3.05) is 6.61 Å². The molecule has 0 unspecified atom stereocenters. The number of halogens is 2. The first-order valence-corrected chi connectivity index (χ1v) is 7.88. The highest BCUT2D eigenvalue weighted by atomic mass is 79.9. The molecule has 1 aromatic carbocycles. The van der Waals surface area contributed by atoms with Gasteiger partial charge in [-0.3, -0.25) is 4.79 Å². The SMILES string of the molecule is CCCOc1ccc(C(=O)c2sccc2Cl)cc1Br. The van der Waals surface area contributed by atoms with Gasteiger partial charge in [0.05, 0.1) is 21.0 Å². The van der Waals surface area contributed by atoms with Crippen LogP contribution in [0.5, 0.6) is 5.75 Å². The van der Waals surface area contributed by atoms with E-state index in [2.05, 4.69) is 15.9 Å². The number of hydrogen-bond donors (Lipinski definition) is 0. The normalized spacial score (nSPS) is 10.5. The summed E-state index contributed by atoms with van der Waals surface area (Å²) < 4.78 is 6.33. The molecule has 5 heteroatoms. The highest BCUT2D eigenvalue weighted by molar-refractivity contribution is 9.10. The third-order valence-electron chi connectivity index (χ3n) is 2.48. The van der Waals surface area contributed by atoms with Crippen molar-refractivity contribution in [1.29, 1.82) is 0 Å². The van der Waals surface area contributed by atoms with E-state index in [4.69, 9.17) is 16.3 Å². The number of rotatable bonds is 5. The topological polar surface area (TPSA) is 26.3 Å². The molecular formula is C14H12BrClO2S. The number of hydrogen-bond acceptors (Lipinski definition) is 3. The first-order valence-electron chi connectivity index (χ1n) is 5.83. The van der Waals surface area contributed by atoms with Gasteiger partial charge in [-0.15, -0.1) is 11.3 Å². The third-order valence-corrected chi connectivity index (χ3v) is 4.44. The van der Waals surface area contributed by atoms with Crippen LogP contribution in [0.25, 0.3) is 0 Å². The van der Waals surface area contributed by atoms with Crippen LogP contribution in [0.2, 0.25) is 5.02 Å². The van der Waals surface area contributed by atoms with Crippen molar-refractivity contribution < 1.29 is 9.53 Å². The predicted molar refractivity (Wildman–Crippen MR) is 82.7 cm³/mol. The number of carbonyl (C=O) groups is 1. The smallest absolute Gasteiger partial charge is 0.204 e. The van der Waals surface area contributed by atoms with Crippen molar-refractivity contribution in [3.8, 4) is 5.75 Å². The molecule has 0 saturated carbocycles. The van der Waals surface area contributed by atoms with Crippen molar-refractivity contribution in [1.82, 2.24) is 0 Å². The summed E-state index contributed by atoms with van der Waals surface area (Å²) in [6.07, 6.45) is 0.942. The van der Waals surface area contributed by atoms with Crippen LogP contribution in [0.3, 0.4) is 0 Å². The minimum Gasteiger partial charge on any atom is -0.492 e. The molecule has 0 aliphatic rings. The fourth-order valence-electron chi connectivity index (χ4n) is 1.56. The predicted octanol–water partition coefficient (Wildman–Crippen LogP) is 5.18. The Morgan fingerprint density at radius 2 is 2.21 bits per heavy atom. The Hall–Kier alpha value is -0.840. The Labute approximate surface area is 129 Å². The van der Waals surface area contributed by atoms with Crippen molar-refractivity contribution in [3.05, 3.63) is 49.6 Å². The van der Waals surface area contributed by atoms with Crippen LogP contribution >= 0.6 is 38.9 Å². The van der Waals surface area contributed by atoms with Crippen LogP contribution in [0.4, 0.5) is 0 Å². The van der Waals surface area contributed by atoms with Gasteiger partial charge >= 0.3 is 0 Å². The van der Waals surface area contributed by atoms with Crippen molar-refractivity contribution in [2.24, 2.45) is 0 Å². The lowest BCUT2D eigenvalue weighted by atomic mass is 10.1. The molecule has 0 radical (unpaired) electrons. The molecule has 0 N–H and O–H groups in total. The summed E-state index contributed by atoms with van der Waals surface area (Å²) in [6.45, 7) is 2.70. The molecule has 1 aromatic heterocycles. The number of ether oxygens (including phenoxy) is 1. The molecule has 2 nitrogen and oxygen atoms in total. The molecule has 0 fully saturated rings. The Kier molecular flexibility index (Phi) is 5.02. The van der Waals surface area contributed by atoms with Crippen molar-refractivity contribution >= 4 is 44.7 Å². The second kappa shape index (κ2) is 6.55. The van der Waals surface area contributed by atoms with Gasteiger partial charge in [-0.2, -0.15) is 0 Å². The Bertz CT molecular complexity index is 595. The lowest BCUT2D eigenvalue weighted by Crippen LogP contribution is -2.01. The lowest BCUT2D eigenvalue weighted by Gasteiger charge is -2.08. The van der Waals surface area contributed by atoms with Crippen molar-refractivity contribution in [2.45, 2.75) is 13.3 Å². The van der Waals surface area contributed by atoms with Crippen LogP contribution in [-0.4, -0.2) is 12.4 Å². The van der Waals surface area contributed by atoms with Gasteiger partial charge in [0.1, 0.15) is 5.75 Å². The van der Waals surface area contributed by atoms with E-state index in [0.29, 0.717) is 22.1 Å². The first kappa shape index (κ1) is 14.6. The van der Waals surface area contributed by atoms with E-state index in [1.807, 2.05) is 12.3 Å². The van der Waals surface area contributed by atoms with E-state index in [1.165, 1.54) is 11.3 Å². The molecule has 0 atom stereocenters. The molecule has 0 saturated heterocycles. The maximum absolute atomic E-state index is 12.3. The average Bonchev–Trinajstić information content (AvgIpc) is 2.82. The fraction of sp³-hybridized carbons (Fsp3) is 0.214. The molecule has 2 rings (SSSR count). The lowest BCUT2D eigenvalue weighted by molar-refractivity contribution is 0.104. The van der Waals surface area contributed by atoms with Gasteiger partial charge in [-0.25, -0.2) is 0 Å². The Balaban J connectivity index is 2.25. The van der Waals surface area contributed by atoms with E-state index < -0.39 is 0 Å². The summed E-state index contributed by atoms with van der Waals surface area (Å²) in [5.74, 6) is 0.679. The van der Waals surface area contributed by atoms with E-state index in [1.54, 1.807) is 24.3 Å². The maximum atomic E-state index is 12.3. The molecule has 100 valence electrons. The minimum atomic E-state index is -0.0669. The first-order chi connectivity index (χ1) is 9.13. The quantitative estimate of drug-likeness (QED) is 0.687. The van der Waals surface area contributed by atoms with Crippen LogP contribution in [0.15, 0.2) is 34.1 Å². The molecule has 2 aromatic rings. The largest absolute Gasteiger partial charge is 0.492 e. The monoisotopic (exact) mass is 358 g/mol. The highest BCUT2D eigenvalue weighted by Crippen LogP contribution is 2.30. The summed E-state index contributed by atoms with van der Waals surface area (Å²) >= 11 is 10.7. The van der Waals surface area contributed by atoms with Crippen LogP contribution < -0.4 is 4.74 Å². The Morgan fingerprint density at radius 1 is 1.42 bits per heavy atom. The summed E-state index contributed by atoms with van der Waals surface area (Å²) in [4.78, 5) is 12.8. The van der Waals surface area contributed by atoms with E-state index >= 15 is 0 Å². The molecule has 1 heterocycles. The highest BCUT2D eigenvalue weighted by Gasteiger charge is 2.15. The van der Waals surface area contributed by atoms with Gasteiger partial charge in [0.2, 0.25) is 5.78 Å². The molecule has 0 spiro atoms. The maximum Gasteiger partial charge on any atom is 0.204 e.